The monoisotopic (exact) mass is 418 g/mol. The number of nitrogens with one attached hydrogen (secondary N) is 2. The normalized spacial score (nSPS) is 21.4. The van der Waals surface area contributed by atoms with Crippen molar-refractivity contribution in [2.45, 2.75) is 52.9 Å². The molecule has 0 radical (unpaired) electrons. The van der Waals surface area contributed by atoms with E-state index in [0.29, 0.717) is 6.61 Å². The first-order valence-corrected chi connectivity index (χ1v) is 10.1. The third-order valence-corrected chi connectivity index (χ3v) is 5.23. The Morgan fingerprint density at radius 1 is 1.14 bits per heavy atom. The molecule has 0 aromatic carbocycles. The van der Waals surface area contributed by atoms with Crippen molar-refractivity contribution < 1.29 is 33.8 Å². The van der Waals surface area contributed by atoms with Gasteiger partial charge in [-0.3, -0.25) is 19.2 Å². The fraction of sp³-hybridized carbons (Fsp3) is 0.778. The quantitative estimate of drug-likeness (QED) is 0.370. The molecular formula is C18H30N2O7S. The molecule has 0 spiro atoms. The van der Waals surface area contributed by atoms with Crippen molar-refractivity contribution in [3.05, 3.63) is 0 Å². The maximum atomic E-state index is 12.4. The summed E-state index contributed by atoms with van der Waals surface area (Å²) in [5, 5.41) is 13.6. The number of carboxylic acid groups (broad SMARTS) is 1. The van der Waals surface area contributed by atoms with Gasteiger partial charge in [0.2, 0.25) is 16.9 Å². The first kappa shape index (κ1) is 24.4. The second-order valence-electron chi connectivity index (χ2n) is 7.79. The van der Waals surface area contributed by atoms with Gasteiger partial charge in [-0.1, -0.05) is 25.6 Å². The molecule has 1 saturated heterocycles. The molecule has 1 aliphatic heterocycles. The molecule has 28 heavy (non-hydrogen) atoms. The highest BCUT2D eigenvalue weighted by molar-refractivity contribution is 8.13. The van der Waals surface area contributed by atoms with Crippen molar-refractivity contribution in [1.82, 2.24) is 10.6 Å². The predicted octanol–water partition coefficient (Wildman–Crippen LogP) is 0.767. The number of carboxylic acids is 1. The van der Waals surface area contributed by atoms with Crippen LogP contribution >= 0.6 is 11.8 Å². The van der Waals surface area contributed by atoms with Gasteiger partial charge in [0, 0.05) is 30.7 Å². The Bertz CT molecular complexity index is 607. The van der Waals surface area contributed by atoms with E-state index in [4.69, 9.17) is 14.6 Å². The second-order valence-corrected chi connectivity index (χ2v) is 8.89. The van der Waals surface area contributed by atoms with Gasteiger partial charge in [-0.2, -0.15) is 0 Å². The van der Waals surface area contributed by atoms with E-state index >= 15 is 0 Å². The molecule has 0 aliphatic carbocycles. The van der Waals surface area contributed by atoms with E-state index in [0.717, 1.165) is 11.8 Å². The lowest BCUT2D eigenvalue weighted by Crippen LogP contribution is -2.56. The van der Waals surface area contributed by atoms with E-state index < -0.39 is 34.3 Å². The summed E-state index contributed by atoms with van der Waals surface area (Å²) in [6, 6.07) is 0. The molecule has 160 valence electrons. The van der Waals surface area contributed by atoms with E-state index in [2.05, 4.69) is 10.6 Å². The number of carbonyl (C=O) groups is 4. The predicted molar refractivity (Wildman–Crippen MR) is 104 cm³/mol. The molecule has 1 heterocycles. The fourth-order valence-electron chi connectivity index (χ4n) is 2.37. The van der Waals surface area contributed by atoms with Crippen molar-refractivity contribution in [3.63, 3.8) is 0 Å². The lowest BCUT2D eigenvalue weighted by molar-refractivity contribution is -0.304. The number of hydrogen-bond donors (Lipinski definition) is 3. The first-order valence-electron chi connectivity index (χ1n) is 9.11. The van der Waals surface area contributed by atoms with Crippen LogP contribution in [-0.2, 0) is 28.7 Å². The Kier molecular flexibility index (Phi) is 8.90. The number of thioether (sulfide) groups is 1. The Morgan fingerprint density at radius 2 is 1.79 bits per heavy atom. The molecular weight excluding hydrogens is 388 g/mol. The zero-order chi connectivity index (χ0) is 21.5. The highest BCUT2D eigenvalue weighted by atomic mass is 32.2. The van der Waals surface area contributed by atoms with Gasteiger partial charge in [0.1, 0.15) is 12.0 Å². The van der Waals surface area contributed by atoms with Gasteiger partial charge >= 0.3 is 5.97 Å². The van der Waals surface area contributed by atoms with Crippen LogP contribution in [0.15, 0.2) is 0 Å². The zero-order valence-electron chi connectivity index (χ0n) is 17.0. The van der Waals surface area contributed by atoms with E-state index in [1.54, 1.807) is 13.8 Å². The summed E-state index contributed by atoms with van der Waals surface area (Å²) < 4.78 is 11.3. The van der Waals surface area contributed by atoms with Crippen molar-refractivity contribution in [2.24, 2.45) is 11.3 Å². The van der Waals surface area contributed by atoms with Crippen LogP contribution in [0.5, 0.6) is 0 Å². The molecule has 1 fully saturated rings. The molecule has 2 amide bonds. The van der Waals surface area contributed by atoms with Crippen LogP contribution in [0, 0.1) is 11.3 Å². The number of ether oxygens (including phenoxy) is 2. The van der Waals surface area contributed by atoms with E-state index in [9.17, 15) is 19.2 Å². The van der Waals surface area contributed by atoms with E-state index in [-0.39, 0.29) is 37.1 Å². The molecule has 0 aromatic heterocycles. The van der Waals surface area contributed by atoms with Crippen LogP contribution in [-0.4, -0.2) is 65.3 Å². The average molecular weight is 419 g/mol. The van der Waals surface area contributed by atoms with Crippen LogP contribution in [0.3, 0.4) is 0 Å². The highest BCUT2D eigenvalue weighted by Crippen LogP contribution is 2.34. The third-order valence-electron chi connectivity index (χ3n) is 4.19. The number of hydrogen-bond acceptors (Lipinski definition) is 7. The van der Waals surface area contributed by atoms with Gasteiger partial charge in [0.25, 0.3) is 0 Å². The Balaban J connectivity index is 2.28. The van der Waals surface area contributed by atoms with Crippen molar-refractivity contribution >= 4 is 34.7 Å². The summed E-state index contributed by atoms with van der Waals surface area (Å²) in [5.41, 5.74) is -0.487. The third kappa shape index (κ3) is 7.76. The molecule has 1 aliphatic rings. The van der Waals surface area contributed by atoms with Gasteiger partial charge in [0.15, 0.2) is 5.79 Å². The minimum absolute atomic E-state index is 0.0862. The topological polar surface area (TPSA) is 131 Å². The Labute approximate surface area is 169 Å². The molecule has 3 N–H and O–H groups in total. The molecule has 2 unspecified atom stereocenters. The summed E-state index contributed by atoms with van der Waals surface area (Å²) in [5.74, 6) is -3.37. The molecule has 2 atom stereocenters. The van der Waals surface area contributed by atoms with Crippen molar-refractivity contribution in [1.29, 1.82) is 0 Å². The van der Waals surface area contributed by atoms with Crippen LogP contribution in [0.2, 0.25) is 0 Å². The maximum absolute atomic E-state index is 12.4. The molecule has 0 saturated carbocycles. The molecule has 1 rings (SSSR count). The summed E-state index contributed by atoms with van der Waals surface area (Å²) in [7, 11) is 0. The SMILES string of the molecule is CC(C(=O)O)C(=O)SCCNC(=O)CCNC(=O)C1OC(C)(C)OCC1(C)C. The lowest BCUT2D eigenvalue weighted by Gasteiger charge is -2.44. The molecule has 0 aromatic rings. The van der Waals surface area contributed by atoms with Gasteiger partial charge in [-0.05, 0) is 20.8 Å². The number of amides is 2. The standard InChI is InChI=1S/C18H30N2O7S/c1-11(15(23)24)16(25)28-9-8-19-12(21)6-7-20-14(22)13-17(2,3)10-26-18(4,5)27-13/h11,13H,6-10H2,1-5H3,(H,19,21)(H,20,22)(H,23,24). The van der Waals surface area contributed by atoms with Crippen LogP contribution in [0.1, 0.15) is 41.0 Å². The van der Waals surface area contributed by atoms with Gasteiger partial charge in [-0.15, -0.1) is 0 Å². The summed E-state index contributed by atoms with van der Waals surface area (Å²) in [4.78, 5) is 46.5. The summed E-state index contributed by atoms with van der Waals surface area (Å²) in [6.07, 6.45) is -0.596. The average Bonchev–Trinajstić information content (AvgIpc) is 2.60. The number of carbonyl (C=O) groups excluding carboxylic acids is 3. The van der Waals surface area contributed by atoms with Gasteiger partial charge < -0.3 is 25.2 Å². The fourth-order valence-corrected chi connectivity index (χ4v) is 3.13. The summed E-state index contributed by atoms with van der Waals surface area (Å²) >= 11 is 0.869. The number of aliphatic carboxylic acids is 1. The minimum Gasteiger partial charge on any atom is -0.481 e. The Hall–Kier alpha value is -1.65. The van der Waals surface area contributed by atoms with Crippen molar-refractivity contribution in [2.75, 3.05) is 25.4 Å². The maximum Gasteiger partial charge on any atom is 0.314 e. The van der Waals surface area contributed by atoms with Crippen LogP contribution in [0.4, 0.5) is 0 Å². The number of rotatable bonds is 9. The van der Waals surface area contributed by atoms with Crippen LogP contribution in [0.25, 0.3) is 0 Å². The Morgan fingerprint density at radius 3 is 2.39 bits per heavy atom. The molecule has 10 heteroatoms. The molecule has 9 nitrogen and oxygen atoms in total. The summed E-state index contributed by atoms with van der Waals surface area (Å²) in [6.45, 7) is 9.35. The largest absolute Gasteiger partial charge is 0.481 e. The smallest absolute Gasteiger partial charge is 0.314 e. The highest BCUT2D eigenvalue weighted by Gasteiger charge is 2.45. The van der Waals surface area contributed by atoms with Crippen LogP contribution < -0.4 is 10.6 Å². The molecule has 0 bridgehead atoms. The van der Waals surface area contributed by atoms with Gasteiger partial charge in [-0.25, -0.2) is 0 Å². The minimum atomic E-state index is -1.17. The van der Waals surface area contributed by atoms with E-state index in [1.807, 2.05) is 13.8 Å². The van der Waals surface area contributed by atoms with Gasteiger partial charge in [0.05, 0.1) is 6.61 Å². The second kappa shape index (κ2) is 10.2. The first-order chi connectivity index (χ1) is 12.9. The van der Waals surface area contributed by atoms with E-state index in [1.165, 1.54) is 6.92 Å². The van der Waals surface area contributed by atoms with Crippen molar-refractivity contribution in [3.8, 4) is 0 Å². The zero-order valence-corrected chi connectivity index (χ0v) is 17.8. The lowest BCUT2D eigenvalue weighted by atomic mass is 9.85.